The summed E-state index contributed by atoms with van der Waals surface area (Å²) < 4.78 is 0. The molecule has 0 saturated carbocycles. The van der Waals surface area contributed by atoms with Crippen LogP contribution in [0.1, 0.15) is 56.6 Å². The van der Waals surface area contributed by atoms with Crippen molar-refractivity contribution in [1.29, 1.82) is 5.26 Å². The lowest BCUT2D eigenvalue weighted by Crippen LogP contribution is -2.33. The topological polar surface area (TPSA) is 60.5 Å². The van der Waals surface area contributed by atoms with Crippen LogP contribution in [0.2, 0.25) is 0 Å². The van der Waals surface area contributed by atoms with E-state index in [2.05, 4.69) is 115 Å². The van der Waals surface area contributed by atoms with Gasteiger partial charge in [0.2, 0.25) is 0 Å². The molecule has 0 fully saturated rings. The lowest BCUT2D eigenvalue weighted by Gasteiger charge is -2.27. The number of nitriles is 1. The average molecular weight is 617 g/mol. The molecule has 0 aromatic heterocycles. The molecule has 4 nitrogen and oxygen atoms in total. The lowest BCUT2D eigenvalue weighted by molar-refractivity contribution is 0.674. The van der Waals surface area contributed by atoms with E-state index in [0.717, 1.165) is 40.1 Å². The Hall–Kier alpha value is -6.31. The Labute approximate surface area is 281 Å². The lowest BCUT2D eigenvalue weighted by atomic mass is 9.76. The van der Waals surface area contributed by atoms with Gasteiger partial charge in [0, 0.05) is 17.0 Å². The fourth-order valence-electron chi connectivity index (χ4n) is 6.62. The Bertz CT molecular complexity index is 2210. The van der Waals surface area contributed by atoms with Gasteiger partial charge < -0.3 is 5.32 Å². The smallest absolute Gasteiger partial charge is 0.159 e. The van der Waals surface area contributed by atoms with E-state index < -0.39 is 0 Å². The van der Waals surface area contributed by atoms with Crippen molar-refractivity contribution in [2.24, 2.45) is 9.98 Å². The maximum absolute atomic E-state index is 9.19. The Morgan fingerprint density at radius 2 is 1.17 bits per heavy atom. The van der Waals surface area contributed by atoms with Gasteiger partial charge in [0.15, 0.2) is 5.84 Å². The molecule has 0 saturated heterocycles. The number of nitrogens with zero attached hydrogens (tertiary/aromatic N) is 3. The molecule has 2 aliphatic rings. The van der Waals surface area contributed by atoms with Crippen molar-refractivity contribution in [3.63, 3.8) is 0 Å². The molecule has 0 bridgehead atoms. The quantitative estimate of drug-likeness (QED) is 0.203. The van der Waals surface area contributed by atoms with E-state index in [9.17, 15) is 5.26 Å². The molecule has 48 heavy (non-hydrogen) atoms. The second kappa shape index (κ2) is 12.8. The fraction of sp³-hybridized carbons (Fsp3) is 0.0682. The summed E-state index contributed by atoms with van der Waals surface area (Å²) in [7, 11) is 0. The van der Waals surface area contributed by atoms with E-state index in [-0.39, 0.29) is 12.1 Å². The van der Waals surface area contributed by atoms with Crippen molar-refractivity contribution in [2.45, 2.75) is 18.5 Å². The summed E-state index contributed by atoms with van der Waals surface area (Å²) in [6.07, 6.45) is 3.05. The number of benzene rings is 6. The van der Waals surface area contributed by atoms with Gasteiger partial charge in [0.25, 0.3) is 0 Å². The van der Waals surface area contributed by atoms with Gasteiger partial charge in [-0.15, -0.1) is 0 Å². The number of rotatable bonds is 6. The molecule has 2 atom stereocenters. The predicted octanol–water partition coefficient (Wildman–Crippen LogP) is 9.60. The van der Waals surface area contributed by atoms with Crippen molar-refractivity contribution < 1.29 is 0 Å². The highest BCUT2D eigenvalue weighted by atomic mass is 15.2. The molecule has 1 aliphatic carbocycles. The van der Waals surface area contributed by atoms with Crippen LogP contribution in [0.4, 0.5) is 0 Å². The molecular formula is C44H32N4. The van der Waals surface area contributed by atoms with Gasteiger partial charge in [-0.25, -0.2) is 9.98 Å². The second-order valence-electron chi connectivity index (χ2n) is 12.2. The molecule has 0 spiro atoms. The van der Waals surface area contributed by atoms with E-state index in [1.165, 1.54) is 27.8 Å². The number of allylic oxidation sites excluding steroid dienone is 1. The van der Waals surface area contributed by atoms with Crippen LogP contribution >= 0.6 is 0 Å². The predicted molar refractivity (Wildman–Crippen MR) is 196 cm³/mol. The molecular weight excluding hydrogens is 585 g/mol. The third-order valence-electron chi connectivity index (χ3n) is 9.21. The zero-order chi connectivity index (χ0) is 32.3. The van der Waals surface area contributed by atoms with Crippen LogP contribution in [0.3, 0.4) is 0 Å². The van der Waals surface area contributed by atoms with Crippen LogP contribution in [-0.4, -0.2) is 11.7 Å². The van der Waals surface area contributed by atoms with Gasteiger partial charge in [0.05, 0.1) is 11.6 Å². The highest BCUT2D eigenvalue weighted by Gasteiger charge is 2.25. The summed E-state index contributed by atoms with van der Waals surface area (Å²) >= 11 is 0. The zero-order valence-corrected chi connectivity index (χ0v) is 26.3. The number of fused-ring (bicyclic) bond motifs is 1. The first-order valence-electron chi connectivity index (χ1n) is 16.3. The average Bonchev–Trinajstić information content (AvgIpc) is 3.18. The standard InChI is InChI=1S/C44H32N4/c45-29-30-15-17-31(18-16-30)32-19-21-33(22-20-32)40-27-38-13-7-8-14-39(38)28-41(40)34-23-25-37(26-24-34)44-47-42(35-9-3-1-4-10-35)46-43(48-44)36-11-5-2-6-12-36/h1-26,28,40,42H,27H2,(H,46,47,48). The third-order valence-corrected chi connectivity index (χ3v) is 9.21. The highest BCUT2D eigenvalue weighted by Crippen LogP contribution is 2.41. The van der Waals surface area contributed by atoms with Crippen LogP contribution in [0.25, 0.3) is 22.8 Å². The molecule has 228 valence electrons. The van der Waals surface area contributed by atoms with Gasteiger partial charge in [-0.05, 0) is 63.1 Å². The van der Waals surface area contributed by atoms with Crippen molar-refractivity contribution in [2.75, 3.05) is 0 Å². The Kier molecular flexibility index (Phi) is 7.78. The van der Waals surface area contributed by atoms with E-state index in [1.54, 1.807) is 0 Å². The van der Waals surface area contributed by atoms with Gasteiger partial charge in [-0.1, -0.05) is 152 Å². The number of nitrogens with one attached hydrogen (secondary N) is 1. The van der Waals surface area contributed by atoms with Crippen LogP contribution in [0, 0.1) is 11.3 Å². The maximum atomic E-state index is 9.19. The molecule has 1 N–H and O–H groups in total. The molecule has 2 unspecified atom stereocenters. The van der Waals surface area contributed by atoms with E-state index in [0.29, 0.717) is 11.4 Å². The van der Waals surface area contributed by atoms with E-state index in [4.69, 9.17) is 9.98 Å². The number of hydrogen-bond donors (Lipinski definition) is 1. The summed E-state index contributed by atoms with van der Waals surface area (Å²) in [5.41, 5.74) is 12.4. The summed E-state index contributed by atoms with van der Waals surface area (Å²) in [5, 5.41) is 12.7. The van der Waals surface area contributed by atoms with Crippen LogP contribution in [0.5, 0.6) is 0 Å². The monoisotopic (exact) mass is 616 g/mol. The van der Waals surface area contributed by atoms with E-state index >= 15 is 0 Å². The molecule has 1 aliphatic heterocycles. The SMILES string of the molecule is N#Cc1ccc(-c2ccc(C3Cc4ccccc4C=C3c3ccc(C4=NC(c5ccccc5)NC(c5ccccc5)=N4)cc3)cc2)cc1. The largest absolute Gasteiger partial charge is 0.344 e. The van der Waals surface area contributed by atoms with Gasteiger partial charge >= 0.3 is 0 Å². The first-order chi connectivity index (χ1) is 23.7. The minimum absolute atomic E-state index is 0.210. The van der Waals surface area contributed by atoms with Crippen molar-refractivity contribution in [3.8, 4) is 17.2 Å². The number of hydrogen-bond acceptors (Lipinski definition) is 4. The summed E-state index contributed by atoms with van der Waals surface area (Å²) in [4.78, 5) is 10.1. The summed E-state index contributed by atoms with van der Waals surface area (Å²) in [6.45, 7) is 0. The van der Waals surface area contributed by atoms with E-state index in [1.807, 2.05) is 60.7 Å². The Morgan fingerprint density at radius 1 is 0.562 bits per heavy atom. The minimum Gasteiger partial charge on any atom is -0.344 e. The van der Waals surface area contributed by atoms with Gasteiger partial charge in [-0.3, -0.25) is 0 Å². The molecule has 6 aromatic rings. The minimum atomic E-state index is -0.234. The number of aliphatic imine (C=N–C) groups is 2. The molecule has 0 radical (unpaired) electrons. The molecule has 8 rings (SSSR count). The second-order valence-corrected chi connectivity index (χ2v) is 12.2. The van der Waals surface area contributed by atoms with Crippen molar-refractivity contribution in [3.05, 3.63) is 202 Å². The zero-order valence-electron chi connectivity index (χ0n) is 26.3. The normalized spacial score (nSPS) is 16.8. The van der Waals surface area contributed by atoms with Crippen LogP contribution in [0.15, 0.2) is 168 Å². The molecule has 4 heteroatoms. The Balaban J connectivity index is 1.13. The van der Waals surface area contributed by atoms with Crippen molar-refractivity contribution in [1.82, 2.24) is 5.32 Å². The van der Waals surface area contributed by atoms with Crippen molar-refractivity contribution >= 4 is 23.3 Å². The molecule has 6 aromatic carbocycles. The van der Waals surface area contributed by atoms with Gasteiger partial charge in [-0.2, -0.15) is 5.26 Å². The molecule has 1 heterocycles. The summed E-state index contributed by atoms with van der Waals surface area (Å²) in [5.74, 6) is 1.74. The molecule has 0 amide bonds. The third kappa shape index (κ3) is 5.86. The first-order valence-corrected chi connectivity index (χ1v) is 16.3. The van der Waals surface area contributed by atoms with Gasteiger partial charge in [0.1, 0.15) is 12.0 Å². The first kappa shape index (κ1) is 29.1. The maximum Gasteiger partial charge on any atom is 0.159 e. The van der Waals surface area contributed by atoms with Crippen LogP contribution in [-0.2, 0) is 6.42 Å². The van der Waals surface area contributed by atoms with Crippen LogP contribution < -0.4 is 5.32 Å². The Morgan fingerprint density at radius 3 is 1.88 bits per heavy atom. The number of amidine groups is 2. The summed E-state index contributed by atoms with van der Waals surface area (Å²) in [6, 6.07) is 56.8. The highest BCUT2D eigenvalue weighted by molar-refractivity contribution is 6.13. The fourth-order valence-corrected chi connectivity index (χ4v) is 6.62.